The molecule has 0 N–H and O–H groups in total. The zero-order chi connectivity index (χ0) is 15.0. The quantitative estimate of drug-likeness (QED) is 0.538. The van der Waals surface area contributed by atoms with E-state index in [1.807, 2.05) is 0 Å². The van der Waals surface area contributed by atoms with Crippen molar-refractivity contribution < 1.29 is 8.78 Å². The van der Waals surface area contributed by atoms with Gasteiger partial charge >= 0.3 is 0 Å². The molecule has 1 aromatic heterocycles. The molecule has 21 heavy (non-hydrogen) atoms. The first-order chi connectivity index (χ1) is 10.1. The lowest BCUT2D eigenvalue weighted by Gasteiger charge is -2.12. The van der Waals surface area contributed by atoms with Crippen LogP contribution in [0.25, 0.3) is 16.6 Å². The van der Waals surface area contributed by atoms with Gasteiger partial charge in [0.2, 0.25) is 0 Å². The van der Waals surface area contributed by atoms with Crippen molar-refractivity contribution in [3.8, 4) is 5.69 Å². The van der Waals surface area contributed by atoms with Crippen molar-refractivity contribution in [2.24, 2.45) is 0 Å². The maximum absolute atomic E-state index is 14.0. The molecule has 1 heterocycles. The number of aromatic nitrogens is 2. The zero-order valence-electron chi connectivity index (χ0n) is 11.0. The van der Waals surface area contributed by atoms with E-state index in [1.54, 1.807) is 30.5 Å². The second kappa shape index (κ2) is 5.29. The van der Waals surface area contributed by atoms with Gasteiger partial charge in [0.1, 0.15) is 11.6 Å². The van der Waals surface area contributed by atoms with Crippen molar-refractivity contribution in [2.75, 3.05) is 6.26 Å². The fraction of sp³-hybridized carbons (Fsp3) is 0.0667. The normalized spacial score (nSPS) is 11.0. The molecular weight excluding hydrogens is 294 g/mol. The molecule has 0 aliphatic carbocycles. The second-order valence-corrected chi connectivity index (χ2v) is 5.13. The van der Waals surface area contributed by atoms with Gasteiger partial charge in [0.15, 0.2) is 5.16 Å². The molecule has 0 bridgehead atoms. The third kappa shape index (κ3) is 2.31. The first kappa shape index (κ1) is 13.8. The summed E-state index contributed by atoms with van der Waals surface area (Å²) in [4.78, 5) is 17.0. The van der Waals surface area contributed by atoms with Crippen molar-refractivity contribution in [1.82, 2.24) is 9.55 Å². The number of hydrogen-bond acceptors (Lipinski definition) is 3. The number of thioether (sulfide) groups is 1. The molecule has 6 heteroatoms. The first-order valence-electron chi connectivity index (χ1n) is 6.13. The lowest BCUT2D eigenvalue weighted by Crippen LogP contribution is -2.22. The summed E-state index contributed by atoms with van der Waals surface area (Å²) in [5.74, 6) is -1.49. The number of hydrogen-bond donors (Lipinski definition) is 0. The second-order valence-electron chi connectivity index (χ2n) is 4.35. The predicted molar refractivity (Wildman–Crippen MR) is 79.0 cm³/mol. The number of nitrogens with zero attached hydrogens (tertiary/aromatic N) is 2. The highest BCUT2D eigenvalue weighted by Gasteiger charge is 2.15. The summed E-state index contributed by atoms with van der Waals surface area (Å²) >= 11 is 1.22. The van der Waals surface area contributed by atoms with Crippen molar-refractivity contribution >= 4 is 22.7 Å². The van der Waals surface area contributed by atoms with E-state index >= 15 is 0 Å². The predicted octanol–water partition coefficient (Wildman–Crippen LogP) is 3.39. The van der Waals surface area contributed by atoms with E-state index in [-0.39, 0.29) is 11.2 Å². The fourth-order valence-electron chi connectivity index (χ4n) is 2.12. The number of fused-ring (bicyclic) bond motifs is 1. The minimum absolute atomic E-state index is 0.0102. The van der Waals surface area contributed by atoms with Crippen LogP contribution >= 0.6 is 11.8 Å². The molecule has 0 aliphatic heterocycles. The van der Waals surface area contributed by atoms with E-state index in [0.717, 1.165) is 12.1 Å². The molecule has 0 aliphatic rings. The largest absolute Gasteiger partial charge is 0.268 e. The van der Waals surface area contributed by atoms with Crippen LogP contribution in [-0.2, 0) is 0 Å². The van der Waals surface area contributed by atoms with Crippen LogP contribution in [0.2, 0.25) is 0 Å². The van der Waals surface area contributed by atoms with Gasteiger partial charge < -0.3 is 0 Å². The van der Waals surface area contributed by atoms with Crippen LogP contribution in [0, 0.1) is 11.6 Å². The van der Waals surface area contributed by atoms with Gasteiger partial charge in [-0.3, -0.25) is 9.36 Å². The lowest BCUT2D eigenvalue weighted by molar-refractivity contribution is 0.572. The number of para-hydroxylation sites is 1. The van der Waals surface area contributed by atoms with Crippen LogP contribution in [-0.4, -0.2) is 15.8 Å². The van der Waals surface area contributed by atoms with Gasteiger partial charge in [-0.15, -0.1) is 0 Å². The number of rotatable bonds is 2. The van der Waals surface area contributed by atoms with Gasteiger partial charge in [0, 0.05) is 6.07 Å². The first-order valence-corrected chi connectivity index (χ1v) is 7.35. The van der Waals surface area contributed by atoms with Gasteiger partial charge in [-0.1, -0.05) is 23.9 Å². The molecule has 0 spiro atoms. The van der Waals surface area contributed by atoms with E-state index in [1.165, 1.54) is 22.4 Å². The van der Waals surface area contributed by atoms with Crippen LogP contribution in [0.5, 0.6) is 0 Å². The molecule has 3 aromatic rings. The minimum Gasteiger partial charge on any atom is -0.268 e. The van der Waals surface area contributed by atoms with Gasteiger partial charge in [-0.2, -0.15) is 0 Å². The molecule has 3 rings (SSSR count). The molecule has 3 nitrogen and oxygen atoms in total. The van der Waals surface area contributed by atoms with Crippen molar-refractivity contribution in [3.05, 3.63) is 64.5 Å². The van der Waals surface area contributed by atoms with Crippen LogP contribution in [0.15, 0.2) is 52.4 Å². The van der Waals surface area contributed by atoms with E-state index in [0.29, 0.717) is 16.1 Å². The van der Waals surface area contributed by atoms with Gasteiger partial charge in [-0.25, -0.2) is 13.8 Å². The molecule has 0 unspecified atom stereocenters. The highest BCUT2D eigenvalue weighted by atomic mass is 32.2. The summed E-state index contributed by atoms with van der Waals surface area (Å²) in [6.07, 6.45) is 1.74. The smallest absolute Gasteiger partial charge is 0.266 e. The van der Waals surface area contributed by atoms with Gasteiger partial charge in [0.05, 0.1) is 16.6 Å². The Morgan fingerprint density at radius 1 is 1.14 bits per heavy atom. The molecule has 106 valence electrons. The highest BCUT2D eigenvalue weighted by molar-refractivity contribution is 7.98. The van der Waals surface area contributed by atoms with E-state index in [4.69, 9.17) is 0 Å². The molecule has 2 aromatic carbocycles. The Morgan fingerprint density at radius 3 is 2.62 bits per heavy atom. The molecule has 0 amide bonds. The third-order valence-corrected chi connectivity index (χ3v) is 3.72. The SMILES string of the molecule is CSc1nc2ccccc2c(=O)n1-c1ccc(F)cc1F. The van der Waals surface area contributed by atoms with Gasteiger partial charge in [-0.05, 0) is 30.5 Å². The van der Waals surface area contributed by atoms with Crippen LogP contribution < -0.4 is 5.56 Å². The Bertz CT molecular complexity index is 892. The topological polar surface area (TPSA) is 34.9 Å². The van der Waals surface area contributed by atoms with E-state index in [9.17, 15) is 13.6 Å². The van der Waals surface area contributed by atoms with Gasteiger partial charge in [0.25, 0.3) is 5.56 Å². The summed E-state index contributed by atoms with van der Waals surface area (Å²) < 4.78 is 28.2. The summed E-state index contributed by atoms with van der Waals surface area (Å²) in [6, 6.07) is 9.96. The van der Waals surface area contributed by atoms with E-state index in [2.05, 4.69) is 4.98 Å². The summed E-state index contributed by atoms with van der Waals surface area (Å²) in [7, 11) is 0. The molecule has 0 fully saturated rings. The average molecular weight is 304 g/mol. The Kier molecular flexibility index (Phi) is 3.47. The fourth-order valence-corrected chi connectivity index (χ4v) is 2.68. The standard InChI is InChI=1S/C15H10F2N2OS/c1-21-15-18-12-5-3-2-4-10(12)14(20)19(15)13-7-6-9(16)8-11(13)17/h2-8H,1H3. The van der Waals surface area contributed by atoms with Crippen molar-refractivity contribution in [2.45, 2.75) is 5.16 Å². The summed E-state index contributed by atoms with van der Waals surface area (Å²) in [5, 5.41) is 0.739. The summed E-state index contributed by atoms with van der Waals surface area (Å²) in [5.41, 5.74) is 0.157. The number of benzene rings is 2. The molecule has 0 atom stereocenters. The molecule has 0 saturated heterocycles. The van der Waals surface area contributed by atoms with Crippen LogP contribution in [0.4, 0.5) is 8.78 Å². The van der Waals surface area contributed by atoms with Crippen molar-refractivity contribution in [1.29, 1.82) is 0 Å². The van der Waals surface area contributed by atoms with E-state index < -0.39 is 11.6 Å². The molecule has 0 saturated carbocycles. The Morgan fingerprint density at radius 2 is 1.90 bits per heavy atom. The average Bonchev–Trinajstić information content (AvgIpc) is 2.48. The number of halogens is 2. The summed E-state index contributed by atoms with van der Waals surface area (Å²) in [6.45, 7) is 0. The lowest BCUT2D eigenvalue weighted by atomic mass is 10.2. The minimum atomic E-state index is -0.801. The molecular formula is C15H10F2N2OS. The monoisotopic (exact) mass is 304 g/mol. The third-order valence-electron chi connectivity index (χ3n) is 3.08. The Balaban J connectivity index is 2.41. The Labute approximate surface area is 123 Å². The Hall–Kier alpha value is -2.21. The van der Waals surface area contributed by atoms with Crippen LogP contribution in [0.1, 0.15) is 0 Å². The maximum atomic E-state index is 14.0. The van der Waals surface area contributed by atoms with Crippen LogP contribution in [0.3, 0.4) is 0 Å². The maximum Gasteiger partial charge on any atom is 0.266 e. The molecule has 0 radical (unpaired) electrons. The highest BCUT2D eigenvalue weighted by Crippen LogP contribution is 2.21. The zero-order valence-corrected chi connectivity index (χ0v) is 11.8. The van der Waals surface area contributed by atoms with Crippen molar-refractivity contribution in [3.63, 3.8) is 0 Å².